The summed E-state index contributed by atoms with van der Waals surface area (Å²) in [5, 5.41) is 27.8. The molecular weight excluding hydrogens is 152 g/mol. The molecular formula is C6H4O5-2. The van der Waals surface area contributed by atoms with E-state index in [2.05, 4.69) is 0 Å². The highest BCUT2D eigenvalue weighted by molar-refractivity contribution is 5.83. The quantitative estimate of drug-likeness (QED) is 0.279. The zero-order valence-corrected chi connectivity index (χ0v) is 5.31. The van der Waals surface area contributed by atoms with Gasteiger partial charge in [0.25, 0.3) is 0 Å². The molecule has 60 valence electrons. The van der Waals surface area contributed by atoms with Crippen LogP contribution in [0.1, 0.15) is 0 Å². The van der Waals surface area contributed by atoms with Gasteiger partial charge in [-0.3, -0.25) is 0 Å². The molecule has 11 heavy (non-hydrogen) atoms. The average Bonchev–Trinajstić information content (AvgIpc) is 1.86. The molecule has 0 saturated carbocycles. The number of carbonyl (C=O) groups is 2. The van der Waals surface area contributed by atoms with Crippen LogP contribution in [0, 0.1) is 0 Å². The van der Waals surface area contributed by atoms with Crippen molar-refractivity contribution in [3.8, 4) is 0 Å². The van der Waals surface area contributed by atoms with Crippen molar-refractivity contribution in [1.29, 1.82) is 0 Å². The molecule has 0 spiro atoms. The zero-order valence-electron chi connectivity index (χ0n) is 5.31. The minimum absolute atomic E-state index is 0.601. The first-order chi connectivity index (χ1) is 5.04. The number of carboxylic acids is 2. The van der Waals surface area contributed by atoms with E-state index in [0.717, 1.165) is 6.08 Å². The summed E-state index contributed by atoms with van der Waals surface area (Å²) >= 11 is 0. The minimum atomic E-state index is -1.86. The minimum Gasteiger partial charge on any atom is -0.871 e. The third-order valence-corrected chi connectivity index (χ3v) is 0.688. The Balaban J connectivity index is 4.13. The van der Waals surface area contributed by atoms with Crippen molar-refractivity contribution in [2.45, 2.75) is 0 Å². The van der Waals surface area contributed by atoms with Crippen LogP contribution in [0.15, 0.2) is 24.0 Å². The van der Waals surface area contributed by atoms with E-state index >= 15 is 0 Å². The van der Waals surface area contributed by atoms with E-state index in [4.69, 9.17) is 5.11 Å². The lowest BCUT2D eigenvalue weighted by Crippen LogP contribution is -2.30. The van der Waals surface area contributed by atoms with Gasteiger partial charge in [-0.05, 0) is 0 Å². The fourth-order valence-electron chi connectivity index (χ4n) is 0.286. The maximum Gasteiger partial charge on any atom is 0.328 e. The van der Waals surface area contributed by atoms with Crippen molar-refractivity contribution in [1.82, 2.24) is 0 Å². The molecule has 0 unspecified atom stereocenters. The van der Waals surface area contributed by atoms with Crippen molar-refractivity contribution in [2.75, 3.05) is 0 Å². The SMILES string of the molecule is O=C(O)/C=C/C=C(\[O-])C(=O)[O-]. The predicted molar refractivity (Wildman–Crippen MR) is 29.9 cm³/mol. The van der Waals surface area contributed by atoms with Crippen LogP contribution in [0.5, 0.6) is 0 Å². The van der Waals surface area contributed by atoms with Gasteiger partial charge in [-0.25, -0.2) is 4.79 Å². The maximum absolute atomic E-state index is 10.2. The molecule has 0 radical (unpaired) electrons. The molecule has 0 atom stereocenters. The summed E-state index contributed by atoms with van der Waals surface area (Å²) in [4.78, 5) is 19.5. The molecule has 0 aliphatic carbocycles. The smallest absolute Gasteiger partial charge is 0.328 e. The summed E-state index contributed by atoms with van der Waals surface area (Å²) in [6, 6.07) is 0. The molecule has 0 fully saturated rings. The van der Waals surface area contributed by atoms with E-state index in [1.54, 1.807) is 0 Å². The molecule has 0 aromatic heterocycles. The Morgan fingerprint density at radius 1 is 1.27 bits per heavy atom. The Kier molecular flexibility index (Phi) is 3.44. The summed E-state index contributed by atoms with van der Waals surface area (Å²) < 4.78 is 0. The zero-order chi connectivity index (χ0) is 8.85. The van der Waals surface area contributed by atoms with Crippen LogP contribution in [-0.4, -0.2) is 17.0 Å². The Morgan fingerprint density at radius 2 is 1.82 bits per heavy atom. The van der Waals surface area contributed by atoms with Crippen LogP contribution < -0.4 is 10.2 Å². The number of carbonyl (C=O) groups excluding carboxylic acids is 1. The summed E-state index contributed by atoms with van der Waals surface area (Å²) in [5.41, 5.74) is 0. The molecule has 0 aromatic rings. The van der Waals surface area contributed by atoms with E-state index in [1.807, 2.05) is 0 Å². The fourth-order valence-corrected chi connectivity index (χ4v) is 0.286. The van der Waals surface area contributed by atoms with Crippen molar-refractivity contribution in [3.05, 3.63) is 24.0 Å². The summed E-state index contributed by atoms with van der Waals surface area (Å²) in [7, 11) is 0. The van der Waals surface area contributed by atoms with Crippen LogP contribution in [0.2, 0.25) is 0 Å². The molecule has 0 bridgehead atoms. The van der Waals surface area contributed by atoms with E-state index in [1.165, 1.54) is 0 Å². The molecule has 0 aromatic carbocycles. The summed E-state index contributed by atoms with van der Waals surface area (Å²) in [6.07, 6.45) is 2.06. The number of allylic oxidation sites excluding steroid dienone is 2. The topological polar surface area (TPSA) is 100 Å². The summed E-state index contributed by atoms with van der Waals surface area (Å²) in [6.45, 7) is 0. The van der Waals surface area contributed by atoms with Gasteiger partial charge in [0.1, 0.15) is 0 Å². The van der Waals surface area contributed by atoms with Crippen molar-refractivity contribution in [2.24, 2.45) is 0 Å². The number of carboxylic acid groups (broad SMARTS) is 2. The summed E-state index contributed by atoms with van der Waals surface area (Å²) in [5.74, 6) is -4.38. The van der Waals surface area contributed by atoms with Gasteiger partial charge < -0.3 is 20.1 Å². The largest absolute Gasteiger partial charge is 0.871 e. The van der Waals surface area contributed by atoms with E-state index < -0.39 is 17.7 Å². The van der Waals surface area contributed by atoms with Crippen molar-refractivity contribution >= 4 is 11.9 Å². The first-order valence-electron chi connectivity index (χ1n) is 2.53. The number of aliphatic carboxylic acids is 2. The van der Waals surface area contributed by atoms with E-state index in [-0.39, 0.29) is 0 Å². The second-order valence-corrected chi connectivity index (χ2v) is 1.52. The van der Waals surface area contributed by atoms with Crippen LogP contribution in [-0.2, 0) is 9.59 Å². The molecule has 5 heteroatoms. The number of hydrogen-bond donors (Lipinski definition) is 1. The third kappa shape index (κ3) is 4.71. The van der Waals surface area contributed by atoms with E-state index in [0.29, 0.717) is 12.2 Å². The lowest BCUT2D eigenvalue weighted by molar-refractivity contribution is -0.353. The van der Waals surface area contributed by atoms with Gasteiger partial charge in [0.2, 0.25) is 0 Å². The van der Waals surface area contributed by atoms with Gasteiger partial charge in [-0.1, -0.05) is 17.9 Å². The molecule has 1 N–H and O–H groups in total. The van der Waals surface area contributed by atoms with Crippen LogP contribution in [0.3, 0.4) is 0 Å². The first-order valence-corrected chi connectivity index (χ1v) is 2.53. The van der Waals surface area contributed by atoms with Crippen molar-refractivity contribution < 1.29 is 24.9 Å². The Bertz CT molecular complexity index is 225. The highest BCUT2D eigenvalue weighted by atomic mass is 16.4. The standard InChI is InChI=1S/C6H6O5/c7-4(6(10)11)2-1-3-5(8)9/h1-3,7H,(H,8,9)(H,10,11)/p-2/b3-1+,4-2-. The molecule has 0 amide bonds. The van der Waals surface area contributed by atoms with Crippen LogP contribution in [0.25, 0.3) is 0 Å². The molecule has 0 saturated heterocycles. The highest BCUT2D eigenvalue weighted by Crippen LogP contribution is 1.82. The van der Waals surface area contributed by atoms with Crippen molar-refractivity contribution in [3.63, 3.8) is 0 Å². The number of rotatable bonds is 3. The van der Waals surface area contributed by atoms with Gasteiger partial charge >= 0.3 is 5.97 Å². The average molecular weight is 156 g/mol. The second-order valence-electron chi connectivity index (χ2n) is 1.52. The van der Waals surface area contributed by atoms with Crippen LogP contribution in [0.4, 0.5) is 0 Å². The predicted octanol–water partition coefficient (Wildman–Crippen LogP) is -2.38. The maximum atomic E-state index is 10.2. The normalized spacial score (nSPS) is 11.8. The molecule has 5 nitrogen and oxygen atoms in total. The molecule has 0 aliphatic rings. The molecule has 0 heterocycles. The Hall–Kier alpha value is -1.78. The van der Waals surface area contributed by atoms with Crippen LogP contribution >= 0.6 is 0 Å². The third-order valence-electron chi connectivity index (χ3n) is 0.688. The fraction of sp³-hybridized carbons (Fsp3) is 0. The molecule has 0 rings (SSSR count). The Morgan fingerprint density at radius 3 is 2.18 bits per heavy atom. The monoisotopic (exact) mass is 156 g/mol. The van der Waals surface area contributed by atoms with Gasteiger partial charge in [0, 0.05) is 6.08 Å². The first kappa shape index (κ1) is 9.22. The lowest BCUT2D eigenvalue weighted by Gasteiger charge is -2.09. The van der Waals surface area contributed by atoms with Gasteiger partial charge in [0.05, 0.1) is 5.97 Å². The van der Waals surface area contributed by atoms with E-state index in [9.17, 15) is 19.8 Å². The second kappa shape index (κ2) is 4.10. The van der Waals surface area contributed by atoms with Gasteiger partial charge in [-0.2, -0.15) is 0 Å². The Labute approximate surface area is 61.9 Å². The van der Waals surface area contributed by atoms with Gasteiger partial charge in [0.15, 0.2) is 0 Å². The lowest BCUT2D eigenvalue weighted by atomic mass is 10.4. The van der Waals surface area contributed by atoms with Gasteiger partial charge in [-0.15, -0.1) is 0 Å². The highest BCUT2D eigenvalue weighted by Gasteiger charge is 1.81. The number of hydrogen-bond acceptors (Lipinski definition) is 4. The molecule has 0 aliphatic heterocycles.